The molecular formula is C14H19N3O3. The molecule has 6 heteroatoms. The SMILES string of the molecule is COc1ccc(C)cc1[C@H](C)NC(=O)[C@H]1CNC(=O)N1. The molecule has 1 aliphatic rings. The number of rotatable bonds is 4. The maximum Gasteiger partial charge on any atom is 0.315 e. The predicted octanol–water partition coefficient (Wildman–Crippen LogP) is 0.862. The minimum absolute atomic E-state index is 0.199. The van der Waals surface area contributed by atoms with Crippen molar-refractivity contribution in [1.29, 1.82) is 0 Å². The van der Waals surface area contributed by atoms with Crippen molar-refractivity contribution < 1.29 is 14.3 Å². The second-order valence-electron chi connectivity index (χ2n) is 4.88. The van der Waals surface area contributed by atoms with Crippen molar-refractivity contribution in [3.05, 3.63) is 29.3 Å². The number of nitrogens with one attached hydrogen (secondary N) is 3. The second-order valence-corrected chi connectivity index (χ2v) is 4.88. The van der Waals surface area contributed by atoms with E-state index < -0.39 is 6.04 Å². The summed E-state index contributed by atoms with van der Waals surface area (Å²) in [6, 6.07) is 4.78. The normalized spacial score (nSPS) is 18.9. The number of ether oxygens (including phenoxy) is 1. The Balaban J connectivity index is 2.08. The van der Waals surface area contributed by atoms with Gasteiger partial charge in [-0.1, -0.05) is 17.7 Å². The summed E-state index contributed by atoms with van der Waals surface area (Å²) in [6.07, 6.45) is 0. The molecule has 0 bridgehead atoms. The average molecular weight is 277 g/mol. The van der Waals surface area contributed by atoms with Gasteiger partial charge in [0.25, 0.3) is 0 Å². The molecule has 1 saturated heterocycles. The Hall–Kier alpha value is -2.24. The van der Waals surface area contributed by atoms with Crippen molar-refractivity contribution in [2.45, 2.75) is 25.9 Å². The Labute approximate surface area is 117 Å². The predicted molar refractivity (Wildman–Crippen MR) is 74.6 cm³/mol. The number of hydrogen-bond acceptors (Lipinski definition) is 3. The fourth-order valence-corrected chi connectivity index (χ4v) is 2.20. The number of carbonyl (C=O) groups is 2. The summed E-state index contributed by atoms with van der Waals surface area (Å²) in [5.41, 5.74) is 2.01. The Morgan fingerprint density at radius 3 is 2.85 bits per heavy atom. The van der Waals surface area contributed by atoms with E-state index in [9.17, 15) is 9.59 Å². The Morgan fingerprint density at radius 1 is 1.50 bits per heavy atom. The largest absolute Gasteiger partial charge is 0.496 e. The van der Waals surface area contributed by atoms with Gasteiger partial charge >= 0.3 is 6.03 Å². The van der Waals surface area contributed by atoms with E-state index in [0.29, 0.717) is 6.54 Å². The second kappa shape index (κ2) is 5.81. The Kier molecular flexibility index (Phi) is 4.12. The van der Waals surface area contributed by atoms with E-state index in [1.165, 1.54) is 0 Å². The number of amides is 3. The molecule has 1 aliphatic heterocycles. The third-order valence-electron chi connectivity index (χ3n) is 3.30. The van der Waals surface area contributed by atoms with Gasteiger partial charge < -0.3 is 20.7 Å². The summed E-state index contributed by atoms with van der Waals surface area (Å²) < 4.78 is 5.31. The topological polar surface area (TPSA) is 79.5 Å². The Morgan fingerprint density at radius 2 is 2.25 bits per heavy atom. The van der Waals surface area contributed by atoms with Crippen molar-refractivity contribution in [3.8, 4) is 5.75 Å². The van der Waals surface area contributed by atoms with E-state index in [4.69, 9.17) is 4.74 Å². The molecule has 20 heavy (non-hydrogen) atoms. The first-order chi connectivity index (χ1) is 9.51. The van der Waals surface area contributed by atoms with Crippen LogP contribution in [0.1, 0.15) is 24.1 Å². The summed E-state index contributed by atoms with van der Waals surface area (Å²) in [5, 5.41) is 8.00. The zero-order valence-corrected chi connectivity index (χ0v) is 11.8. The molecule has 6 nitrogen and oxygen atoms in total. The lowest BCUT2D eigenvalue weighted by atomic mass is 10.0. The molecule has 108 valence electrons. The lowest BCUT2D eigenvalue weighted by molar-refractivity contribution is -0.123. The van der Waals surface area contributed by atoms with Crippen LogP contribution in [-0.2, 0) is 4.79 Å². The van der Waals surface area contributed by atoms with Gasteiger partial charge in [0.15, 0.2) is 0 Å². The monoisotopic (exact) mass is 277 g/mol. The van der Waals surface area contributed by atoms with Gasteiger partial charge in [-0.15, -0.1) is 0 Å². The third-order valence-corrected chi connectivity index (χ3v) is 3.30. The molecular weight excluding hydrogens is 258 g/mol. The summed E-state index contributed by atoms with van der Waals surface area (Å²) in [6.45, 7) is 4.18. The summed E-state index contributed by atoms with van der Waals surface area (Å²) in [4.78, 5) is 23.1. The summed E-state index contributed by atoms with van der Waals surface area (Å²) in [5.74, 6) is 0.524. The molecule has 1 heterocycles. The van der Waals surface area contributed by atoms with Crippen molar-refractivity contribution in [3.63, 3.8) is 0 Å². The fraction of sp³-hybridized carbons (Fsp3) is 0.429. The highest BCUT2D eigenvalue weighted by Gasteiger charge is 2.28. The van der Waals surface area contributed by atoms with Crippen LogP contribution < -0.4 is 20.7 Å². The van der Waals surface area contributed by atoms with E-state index in [1.54, 1.807) is 7.11 Å². The maximum absolute atomic E-state index is 12.1. The third kappa shape index (κ3) is 3.01. The first-order valence-corrected chi connectivity index (χ1v) is 6.50. The van der Waals surface area contributed by atoms with Crippen LogP contribution >= 0.6 is 0 Å². The van der Waals surface area contributed by atoms with Gasteiger partial charge in [0, 0.05) is 12.1 Å². The maximum atomic E-state index is 12.1. The van der Waals surface area contributed by atoms with Gasteiger partial charge in [0.2, 0.25) is 5.91 Å². The highest BCUT2D eigenvalue weighted by Crippen LogP contribution is 2.26. The van der Waals surface area contributed by atoms with Crippen LogP contribution in [0.5, 0.6) is 5.75 Å². The Bertz CT molecular complexity index is 530. The van der Waals surface area contributed by atoms with Crippen LogP contribution in [0.4, 0.5) is 4.79 Å². The van der Waals surface area contributed by atoms with Crippen molar-refractivity contribution in [1.82, 2.24) is 16.0 Å². The molecule has 1 aromatic carbocycles. The van der Waals surface area contributed by atoms with Gasteiger partial charge in [0.05, 0.1) is 13.2 Å². The molecule has 2 atom stereocenters. The van der Waals surface area contributed by atoms with Crippen LogP contribution in [0, 0.1) is 6.92 Å². The molecule has 0 saturated carbocycles. The molecule has 3 amide bonds. The zero-order chi connectivity index (χ0) is 14.7. The van der Waals surface area contributed by atoms with Crippen molar-refractivity contribution >= 4 is 11.9 Å². The van der Waals surface area contributed by atoms with Gasteiger partial charge in [-0.25, -0.2) is 4.79 Å². The number of aryl methyl sites for hydroxylation is 1. The summed E-state index contributed by atoms with van der Waals surface area (Å²) >= 11 is 0. The molecule has 0 unspecified atom stereocenters. The molecule has 2 rings (SSSR count). The number of carbonyl (C=O) groups excluding carboxylic acids is 2. The number of methoxy groups -OCH3 is 1. The number of hydrogen-bond donors (Lipinski definition) is 3. The molecule has 0 aromatic heterocycles. The van der Waals surface area contributed by atoms with Crippen molar-refractivity contribution in [2.24, 2.45) is 0 Å². The van der Waals surface area contributed by atoms with Gasteiger partial charge in [-0.2, -0.15) is 0 Å². The molecule has 0 aliphatic carbocycles. The minimum atomic E-state index is -0.527. The van der Waals surface area contributed by atoms with E-state index >= 15 is 0 Å². The van der Waals surface area contributed by atoms with E-state index in [0.717, 1.165) is 16.9 Å². The van der Waals surface area contributed by atoms with Crippen LogP contribution in [0.3, 0.4) is 0 Å². The zero-order valence-electron chi connectivity index (χ0n) is 11.8. The van der Waals surface area contributed by atoms with Crippen LogP contribution in [0.15, 0.2) is 18.2 Å². The highest BCUT2D eigenvalue weighted by atomic mass is 16.5. The molecule has 1 aromatic rings. The lowest BCUT2D eigenvalue weighted by Gasteiger charge is -2.19. The van der Waals surface area contributed by atoms with Gasteiger partial charge in [0.1, 0.15) is 11.8 Å². The van der Waals surface area contributed by atoms with E-state index in [1.807, 2.05) is 32.0 Å². The first kappa shape index (κ1) is 14.2. The smallest absolute Gasteiger partial charge is 0.315 e. The van der Waals surface area contributed by atoms with Gasteiger partial charge in [-0.3, -0.25) is 4.79 Å². The minimum Gasteiger partial charge on any atom is -0.496 e. The molecule has 3 N–H and O–H groups in total. The first-order valence-electron chi connectivity index (χ1n) is 6.50. The highest BCUT2D eigenvalue weighted by molar-refractivity contribution is 5.90. The quantitative estimate of drug-likeness (QED) is 0.763. The van der Waals surface area contributed by atoms with Crippen LogP contribution in [0.2, 0.25) is 0 Å². The van der Waals surface area contributed by atoms with E-state index in [2.05, 4.69) is 16.0 Å². The molecule has 1 fully saturated rings. The number of benzene rings is 1. The summed E-state index contributed by atoms with van der Waals surface area (Å²) in [7, 11) is 1.60. The van der Waals surface area contributed by atoms with Crippen LogP contribution in [0.25, 0.3) is 0 Å². The van der Waals surface area contributed by atoms with Crippen molar-refractivity contribution in [2.75, 3.05) is 13.7 Å². The number of urea groups is 1. The van der Waals surface area contributed by atoms with E-state index in [-0.39, 0.29) is 18.0 Å². The molecule has 0 radical (unpaired) electrons. The average Bonchev–Trinajstić information content (AvgIpc) is 2.85. The molecule has 0 spiro atoms. The standard InChI is InChI=1S/C14H19N3O3/c1-8-4-5-12(20-3)10(6-8)9(2)16-13(18)11-7-15-14(19)17-11/h4-6,9,11H,7H2,1-3H3,(H,16,18)(H2,15,17,19)/t9-,11+/m0/s1. The fourth-order valence-electron chi connectivity index (χ4n) is 2.20. The lowest BCUT2D eigenvalue weighted by Crippen LogP contribution is -2.43. The van der Waals surface area contributed by atoms with Crippen LogP contribution in [-0.4, -0.2) is 31.6 Å². The van der Waals surface area contributed by atoms with Gasteiger partial charge in [-0.05, 0) is 19.9 Å².